The van der Waals surface area contributed by atoms with Gasteiger partial charge in [-0.1, -0.05) is 30.3 Å². The Kier molecular flexibility index (Phi) is 5.98. The molecule has 2 aromatic carbocycles. The molecule has 1 atom stereocenters. The Hall–Kier alpha value is -3.74. The van der Waals surface area contributed by atoms with Crippen LogP contribution < -0.4 is 20.1 Å². The van der Waals surface area contributed by atoms with E-state index in [2.05, 4.69) is 10.6 Å². The van der Waals surface area contributed by atoms with E-state index in [0.29, 0.717) is 36.8 Å². The average Bonchev–Trinajstić information content (AvgIpc) is 3.20. The topological polar surface area (TPSA) is 89.8 Å². The van der Waals surface area contributed by atoms with Gasteiger partial charge in [-0.15, -0.1) is 0 Å². The molecule has 3 aromatic rings. The van der Waals surface area contributed by atoms with Crippen molar-refractivity contribution in [3.63, 3.8) is 0 Å². The van der Waals surface area contributed by atoms with E-state index < -0.39 is 11.9 Å². The molecule has 2 heterocycles. The third kappa shape index (κ3) is 4.81. The average molecular weight is 406 g/mol. The van der Waals surface area contributed by atoms with Crippen LogP contribution in [0, 0.1) is 0 Å². The van der Waals surface area contributed by atoms with E-state index in [0.717, 1.165) is 12.0 Å². The van der Waals surface area contributed by atoms with E-state index in [-0.39, 0.29) is 11.7 Å². The molecule has 2 N–H and O–H groups in total. The number of benzene rings is 2. The zero-order valence-corrected chi connectivity index (χ0v) is 16.3. The monoisotopic (exact) mass is 406 g/mol. The Bertz CT molecular complexity index is 1000. The number of anilines is 1. The summed E-state index contributed by atoms with van der Waals surface area (Å²) in [6.07, 6.45) is 2.55. The van der Waals surface area contributed by atoms with Crippen molar-refractivity contribution in [1.29, 1.82) is 0 Å². The van der Waals surface area contributed by atoms with Crippen LogP contribution >= 0.6 is 0 Å². The highest BCUT2D eigenvalue weighted by molar-refractivity contribution is 6.00. The molecule has 1 aliphatic rings. The number of carbonyl (C=O) groups is 2. The number of ether oxygens (including phenoxy) is 2. The highest BCUT2D eigenvalue weighted by Crippen LogP contribution is 2.32. The molecule has 30 heavy (non-hydrogen) atoms. The first-order valence-electron chi connectivity index (χ1n) is 9.78. The number of rotatable bonds is 6. The molecule has 0 spiro atoms. The number of amides is 2. The maximum Gasteiger partial charge on any atom is 0.287 e. The molecular formula is C23H22N2O5. The molecule has 0 saturated heterocycles. The number of hydrogen-bond acceptors (Lipinski definition) is 5. The summed E-state index contributed by atoms with van der Waals surface area (Å²) in [7, 11) is 0. The molecule has 4 rings (SSSR count). The van der Waals surface area contributed by atoms with Gasteiger partial charge in [-0.05, 0) is 29.8 Å². The summed E-state index contributed by atoms with van der Waals surface area (Å²) in [5, 5.41) is 5.62. The first-order chi connectivity index (χ1) is 14.7. The van der Waals surface area contributed by atoms with E-state index in [9.17, 15) is 9.59 Å². The van der Waals surface area contributed by atoms with Gasteiger partial charge >= 0.3 is 0 Å². The van der Waals surface area contributed by atoms with Crippen molar-refractivity contribution < 1.29 is 23.5 Å². The van der Waals surface area contributed by atoms with Crippen LogP contribution in [0.4, 0.5) is 5.69 Å². The SMILES string of the molecule is O=C(NC(Cc1ccccc1)C(=O)Nc1ccc2c(c1)OCCCO2)c1ccco1. The standard InChI is InChI=1S/C23H22N2O5/c26-22(24-17-9-10-19-21(15-17)30-13-5-12-28-19)18(14-16-6-2-1-3-7-16)25-23(27)20-8-4-11-29-20/h1-4,6-11,15,18H,5,12-14H2,(H,24,26)(H,25,27). The van der Waals surface area contributed by atoms with Gasteiger partial charge in [0.1, 0.15) is 6.04 Å². The summed E-state index contributed by atoms with van der Waals surface area (Å²) in [6, 6.07) is 17.1. The number of nitrogens with one attached hydrogen (secondary N) is 2. The maximum atomic E-state index is 13.0. The minimum absolute atomic E-state index is 0.149. The number of furan rings is 1. The van der Waals surface area contributed by atoms with Crippen molar-refractivity contribution in [2.75, 3.05) is 18.5 Å². The first kappa shape index (κ1) is 19.6. The molecule has 7 heteroatoms. The van der Waals surface area contributed by atoms with Crippen molar-refractivity contribution in [1.82, 2.24) is 5.32 Å². The number of hydrogen-bond donors (Lipinski definition) is 2. The lowest BCUT2D eigenvalue weighted by molar-refractivity contribution is -0.118. The normalized spacial score (nSPS) is 13.7. The summed E-state index contributed by atoms with van der Waals surface area (Å²) in [5.41, 5.74) is 1.49. The van der Waals surface area contributed by atoms with Gasteiger partial charge in [0.25, 0.3) is 5.91 Å². The third-order valence-corrected chi connectivity index (χ3v) is 4.66. The van der Waals surface area contributed by atoms with Gasteiger partial charge in [0.2, 0.25) is 5.91 Å². The van der Waals surface area contributed by atoms with E-state index in [1.165, 1.54) is 6.26 Å². The number of carbonyl (C=O) groups excluding carboxylic acids is 2. The van der Waals surface area contributed by atoms with Gasteiger partial charge < -0.3 is 24.5 Å². The van der Waals surface area contributed by atoms with Gasteiger partial charge in [0.15, 0.2) is 17.3 Å². The molecule has 1 aliphatic heterocycles. The van der Waals surface area contributed by atoms with Crippen LogP contribution in [0.2, 0.25) is 0 Å². The quantitative estimate of drug-likeness (QED) is 0.655. The van der Waals surface area contributed by atoms with Crippen molar-refractivity contribution in [2.24, 2.45) is 0 Å². The van der Waals surface area contributed by atoms with Crippen LogP contribution in [0.25, 0.3) is 0 Å². The molecule has 7 nitrogen and oxygen atoms in total. The fourth-order valence-corrected chi connectivity index (χ4v) is 3.17. The maximum absolute atomic E-state index is 13.0. The lowest BCUT2D eigenvalue weighted by Gasteiger charge is -2.19. The minimum Gasteiger partial charge on any atom is -0.490 e. The number of fused-ring (bicyclic) bond motifs is 1. The molecule has 0 radical (unpaired) electrons. The van der Waals surface area contributed by atoms with Crippen LogP contribution in [-0.4, -0.2) is 31.1 Å². The van der Waals surface area contributed by atoms with Gasteiger partial charge in [-0.3, -0.25) is 9.59 Å². The predicted molar refractivity (Wildman–Crippen MR) is 111 cm³/mol. The van der Waals surface area contributed by atoms with Crippen molar-refractivity contribution >= 4 is 17.5 Å². The van der Waals surface area contributed by atoms with E-state index in [1.54, 1.807) is 30.3 Å². The van der Waals surface area contributed by atoms with Crippen LogP contribution in [0.1, 0.15) is 22.5 Å². The Morgan fingerprint density at radius 3 is 2.50 bits per heavy atom. The molecule has 0 aliphatic carbocycles. The fraction of sp³-hybridized carbons (Fsp3) is 0.217. The lowest BCUT2D eigenvalue weighted by Crippen LogP contribution is -2.45. The second-order valence-corrected chi connectivity index (χ2v) is 6.89. The van der Waals surface area contributed by atoms with Gasteiger partial charge in [-0.25, -0.2) is 0 Å². The fourth-order valence-electron chi connectivity index (χ4n) is 3.17. The summed E-state index contributed by atoms with van der Waals surface area (Å²) >= 11 is 0. The molecule has 0 fully saturated rings. The smallest absolute Gasteiger partial charge is 0.287 e. The largest absolute Gasteiger partial charge is 0.490 e. The van der Waals surface area contributed by atoms with Crippen molar-refractivity contribution in [3.8, 4) is 11.5 Å². The van der Waals surface area contributed by atoms with E-state index in [4.69, 9.17) is 13.9 Å². The Labute approximate surface area is 174 Å². The summed E-state index contributed by atoms with van der Waals surface area (Å²) < 4.78 is 16.4. The molecule has 0 bridgehead atoms. The predicted octanol–water partition coefficient (Wildman–Crippen LogP) is 3.42. The molecule has 2 amide bonds. The van der Waals surface area contributed by atoms with Crippen LogP contribution in [-0.2, 0) is 11.2 Å². The van der Waals surface area contributed by atoms with Crippen LogP contribution in [0.3, 0.4) is 0 Å². The highest BCUT2D eigenvalue weighted by Gasteiger charge is 2.24. The molecule has 0 saturated carbocycles. The third-order valence-electron chi connectivity index (χ3n) is 4.66. The van der Waals surface area contributed by atoms with Crippen LogP contribution in [0.5, 0.6) is 11.5 Å². The van der Waals surface area contributed by atoms with Crippen LogP contribution in [0.15, 0.2) is 71.3 Å². The first-order valence-corrected chi connectivity index (χ1v) is 9.78. The van der Waals surface area contributed by atoms with Gasteiger partial charge in [0, 0.05) is 24.6 Å². The van der Waals surface area contributed by atoms with Crippen molar-refractivity contribution in [2.45, 2.75) is 18.9 Å². The summed E-state index contributed by atoms with van der Waals surface area (Å²) in [6.45, 7) is 1.15. The van der Waals surface area contributed by atoms with Gasteiger partial charge in [0.05, 0.1) is 19.5 Å². The summed E-state index contributed by atoms with van der Waals surface area (Å²) in [4.78, 5) is 25.5. The molecule has 1 unspecified atom stereocenters. The Balaban J connectivity index is 1.51. The zero-order valence-electron chi connectivity index (χ0n) is 16.3. The van der Waals surface area contributed by atoms with Gasteiger partial charge in [-0.2, -0.15) is 0 Å². The Morgan fingerprint density at radius 2 is 1.73 bits per heavy atom. The van der Waals surface area contributed by atoms with E-state index in [1.807, 2.05) is 30.3 Å². The molecular weight excluding hydrogens is 384 g/mol. The van der Waals surface area contributed by atoms with Crippen molar-refractivity contribution in [3.05, 3.63) is 78.3 Å². The second-order valence-electron chi connectivity index (χ2n) is 6.89. The molecule has 1 aromatic heterocycles. The summed E-state index contributed by atoms with van der Waals surface area (Å²) in [5.74, 6) is 0.599. The highest BCUT2D eigenvalue weighted by atomic mass is 16.5. The zero-order chi connectivity index (χ0) is 20.8. The second kappa shape index (κ2) is 9.17. The van der Waals surface area contributed by atoms with E-state index >= 15 is 0 Å². The molecule has 154 valence electrons. The lowest BCUT2D eigenvalue weighted by atomic mass is 10.0. The minimum atomic E-state index is -0.791. The Morgan fingerprint density at radius 1 is 0.933 bits per heavy atom.